The number of benzene rings is 1. The van der Waals surface area contributed by atoms with Crippen LogP contribution in [0.25, 0.3) is 0 Å². The lowest BCUT2D eigenvalue weighted by atomic mass is 10.2. The summed E-state index contributed by atoms with van der Waals surface area (Å²) in [5.41, 5.74) is 2.31. The zero-order valence-electron chi connectivity index (χ0n) is 8.33. The quantitative estimate of drug-likeness (QED) is 0.648. The second kappa shape index (κ2) is 5.00. The first-order valence-electron chi connectivity index (χ1n) is 4.46. The van der Waals surface area contributed by atoms with E-state index in [9.17, 15) is 0 Å². The summed E-state index contributed by atoms with van der Waals surface area (Å²) in [4.78, 5) is 1.99. The molecule has 1 rings (SSSR count). The number of nitrogens with zero attached hydrogens (tertiary/aromatic N) is 1. The Morgan fingerprint density at radius 1 is 1.07 bits per heavy atom. The van der Waals surface area contributed by atoms with Gasteiger partial charge < -0.3 is 4.90 Å². The van der Waals surface area contributed by atoms with E-state index in [1.54, 1.807) is 0 Å². The molecule has 0 radical (unpaired) electrons. The van der Waals surface area contributed by atoms with Crippen LogP contribution in [0.15, 0.2) is 24.3 Å². The van der Waals surface area contributed by atoms with E-state index in [1.807, 2.05) is 17.0 Å². The fraction of sp³-hybridized carbons (Fsp3) is 0.231. The highest BCUT2D eigenvalue weighted by molar-refractivity contribution is 5.49. The predicted molar refractivity (Wildman–Crippen MR) is 61.1 cm³/mol. The molecule has 1 heteroatoms. The monoisotopic (exact) mass is 183 g/mol. The first kappa shape index (κ1) is 10.2. The molecule has 1 aromatic rings. The van der Waals surface area contributed by atoms with Gasteiger partial charge in [-0.05, 0) is 19.1 Å². The average molecular weight is 183 g/mol. The molecule has 0 unspecified atom stereocenters. The molecule has 1 nitrogen and oxygen atoms in total. The molecular weight excluding hydrogens is 170 g/mol. The van der Waals surface area contributed by atoms with E-state index in [0.29, 0.717) is 13.1 Å². The molecule has 0 atom stereocenters. The first-order valence-corrected chi connectivity index (χ1v) is 4.46. The lowest BCUT2D eigenvalue weighted by Gasteiger charge is -2.19. The van der Waals surface area contributed by atoms with Crippen molar-refractivity contribution in [2.75, 3.05) is 18.0 Å². The van der Waals surface area contributed by atoms with Gasteiger partial charge in [-0.15, -0.1) is 12.8 Å². The largest absolute Gasteiger partial charge is 0.349 e. The number of hydrogen-bond donors (Lipinski definition) is 0. The fourth-order valence-corrected chi connectivity index (χ4v) is 1.21. The standard InChI is InChI=1S/C13H13N/c1-4-10-14(11-5-2)13-8-6-12(3)7-9-13/h1-2,6-9H,10-11H2,3H3. The van der Waals surface area contributed by atoms with Gasteiger partial charge in [-0.3, -0.25) is 0 Å². The lowest BCUT2D eigenvalue weighted by molar-refractivity contribution is 0.985. The summed E-state index contributed by atoms with van der Waals surface area (Å²) in [6.07, 6.45) is 10.5. The maximum atomic E-state index is 5.27. The summed E-state index contributed by atoms with van der Waals surface area (Å²) < 4.78 is 0. The van der Waals surface area contributed by atoms with E-state index in [2.05, 4.69) is 30.9 Å². The van der Waals surface area contributed by atoms with E-state index >= 15 is 0 Å². The highest BCUT2D eigenvalue weighted by Crippen LogP contribution is 2.13. The maximum absolute atomic E-state index is 5.27. The van der Waals surface area contributed by atoms with Crippen LogP contribution < -0.4 is 4.90 Å². The van der Waals surface area contributed by atoms with Crippen molar-refractivity contribution in [1.29, 1.82) is 0 Å². The summed E-state index contributed by atoms with van der Waals surface area (Å²) in [5, 5.41) is 0. The maximum Gasteiger partial charge on any atom is 0.0801 e. The summed E-state index contributed by atoms with van der Waals surface area (Å²) >= 11 is 0. The molecule has 0 heterocycles. The van der Waals surface area contributed by atoms with Gasteiger partial charge in [0.15, 0.2) is 0 Å². The summed E-state index contributed by atoms with van der Waals surface area (Å²) in [7, 11) is 0. The third kappa shape index (κ3) is 2.57. The van der Waals surface area contributed by atoms with Crippen LogP contribution in [0, 0.1) is 31.6 Å². The second-order valence-electron chi connectivity index (χ2n) is 3.10. The van der Waals surface area contributed by atoms with Crippen LogP contribution in [0.4, 0.5) is 5.69 Å². The van der Waals surface area contributed by atoms with Crippen LogP contribution in [0.5, 0.6) is 0 Å². The van der Waals surface area contributed by atoms with Gasteiger partial charge in [0.25, 0.3) is 0 Å². The van der Waals surface area contributed by atoms with Crippen molar-refractivity contribution in [2.24, 2.45) is 0 Å². The van der Waals surface area contributed by atoms with Gasteiger partial charge in [0.1, 0.15) is 0 Å². The Balaban J connectivity index is 2.84. The topological polar surface area (TPSA) is 3.24 Å². The van der Waals surface area contributed by atoms with E-state index in [1.165, 1.54) is 5.56 Å². The minimum absolute atomic E-state index is 0.549. The third-order valence-electron chi connectivity index (χ3n) is 1.96. The van der Waals surface area contributed by atoms with Crippen molar-refractivity contribution in [2.45, 2.75) is 6.92 Å². The molecular formula is C13H13N. The number of terminal acetylenes is 2. The smallest absolute Gasteiger partial charge is 0.0801 e. The average Bonchev–Trinajstić information content (AvgIpc) is 2.19. The van der Waals surface area contributed by atoms with Gasteiger partial charge in [0.2, 0.25) is 0 Å². The molecule has 0 bridgehead atoms. The Bertz CT molecular complexity index is 346. The summed E-state index contributed by atoms with van der Waals surface area (Å²) in [6.45, 7) is 3.15. The van der Waals surface area contributed by atoms with Crippen molar-refractivity contribution < 1.29 is 0 Å². The highest BCUT2D eigenvalue weighted by Gasteiger charge is 2.01. The Morgan fingerprint density at radius 2 is 1.57 bits per heavy atom. The first-order chi connectivity index (χ1) is 6.77. The molecule has 0 spiro atoms. The molecule has 0 N–H and O–H groups in total. The molecule has 0 saturated heterocycles. The van der Waals surface area contributed by atoms with Crippen LogP contribution in [-0.2, 0) is 0 Å². The Hall–Kier alpha value is -1.86. The van der Waals surface area contributed by atoms with Gasteiger partial charge in [0.05, 0.1) is 13.1 Å². The van der Waals surface area contributed by atoms with Gasteiger partial charge in [-0.25, -0.2) is 0 Å². The Kier molecular flexibility index (Phi) is 3.65. The van der Waals surface area contributed by atoms with Crippen LogP contribution in [0.2, 0.25) is 0 Å². The minimum atomic E-state index is 0.549. The van der Waals surface area contributed by atoms with Gasteiger partial charge in [-0.2, -0.15) is 0 Å². The highest BCUT2D eigenvalue weighted by atomic mass is 15.1. The molecule has 0 fully saturated rings. The molecule has 1 aromatic carbocycles. The van der Waals surface area contributed by atoms with E-state index in [0.717, 1.165) is 5.69 Å². The molecule has 14 heavy (non-hydrogen) atoms. The molecule has 0 amide bonds. The SMILES string of the molecule is C#CCN(CC#C)c1ccc(C)cc1. The normalized spacial score (nSPS) is 8.79. The second-order valence-corrected chi connectivity index (χ2v) is 3.10. The number of aryl methyl sites for hydroxylation is 1. The molecule has 70 valence electrons. The van der Waals surface area contributed by atoms with Gasteiger partial charge >= 0.3 is 0 Å². The molecule has 0 aromatic heterocycles. The zero-order valence-corrected chi connectivity index (χ0v) is 8.33. The van der Waals surface area contributed by atoms with Crippen molar-refractivity contribution >= 4 is 5.69 Å². The van der Waals surface area contributed by atoms with Crippen LogP contribution >= 0.6 is 0 Å². The van der Waals surface area contributed by atoms with E-state index < -0.39 is 0 Å². The predicted octanol–water partition coefficient (Wildman–Crippen LogP) is 2.07. The number of anilines is 1. The molecule has 0 aliphatic carbocycles. The lowest BCUT2D eigenvalue weighted by Crippen LogP contribution is -2.23. The van der Waals surface area contributed by atoms with Gasteiger partial charge in [-0.1, -0.05) is 29.5 Å². The van der Waals surface area contributed by atoms with Crippen LogP contribution in [0.3, 0.4) is 0 Å². The van der Waals surface area contributed by atoms with Gasteiger partial charge in [0, 0.05) is 5.69 Å². The summed E-state index contributed by atoms with van der Waals surface area (Å²) in [6, 6.07) is 8.17. The van der Waals surface area contributed by atoms with Crippen molar-refractivity contribution in [3.8, 4) is 24.7 Å². The minimum Gasteiger partial charge on any atom is -0.349 e. The number of rotatable bonds is 3. The fourth-order valence-electron chi connectivity index (χ4n) is 1.21. The summed E-state index contributed by atoms with van der Waals surface area (Å²) in [5.74, 6) is 5.19. The molecule has 0 aliphatic rings. The molecule has 0 aliphatic heterocycles. The van der Waals surface area contributed by atoms with E-state index in [4.69, 9.17) is 12.8 Å². The van der Waals surface area contributed by atoms with Crippen LogP contribution in [0.1, 0.15) is 5.56 Å². The zero-order chi connectivity index (χ0) is 10.4. The van der Waals surface area contributed by atoms with Crippen LogP contribution in [-0.4, -0.2) is 13.1 Å². The van der Waals surface area contributed by atoms with E-state index in [-0.39, 0.29) is 0 Å². The van der Waals surface area contributed by atoms with Crippen molar-refractivity contribution in [3.05, 3.63) is 29.8 Å². The third-order valence-corrected chi connectivity index (χ3v) is 1.96. The van der Waals surface area contributed by atoms with Crippen molar-refractivity contribution in [3.63, 3.8) is 0 Å². The Labute approximate surface area is 85.7 Å². The van der Waals surface area contributed by atoms with Crippen molar-refractivity contribution in [1.82, 2.24) is 0 Å². The Morgan fingerprint density at radius 3 is 2.00 bits per heavy atom. The number of hydrogen-bond acceptors (Lipinski definition) is 1. The molecule has 0 saturated carbocycles.